The number of nitrogens with one attached hydrogen (secondary N) is 1. The van der Waals surface area contributed by atoms with Crippen LogP contribution >= 0.6 is 0 Å². The van der Waals surface area contributed by atoms with Crippen LogP contribution in [0.25, 0.3) is 11.0 Å². The SMILES string of the molecule is CN=C(NCc1ccnc(N2CCOC(C)C2)c1)N(C)Cc1cc2ccccc2o1. The van der Waals surface area contributed by atoms with Gasteiger partial charge in [0, 0.05) is 45.3 Å². The summed E-state index contributed by atoms with van der Waals surface area (Å²) < 4.78 is 11.6. The average molecular weight is 408 g/mol. The average Bonchev–Trinajstić information content (AvgIpc) is 3.16. The molecule has 0 aliphatic carbocycles. The first-order chi connectivity index (χ1) is 14.6. The standard InChI is InChI=1S/C23H29N5O2/c1-17-15-28(10-11-29-17)22-12-18(8-9-25-22)14-26-23(24-2)27(3)16-20-13-19-6-4-5-7-21(19)30-20/h4-9,12-13,17H,10-11,14-16H2,1-3H3,(H,24,26). The molecule has 4 rings (SSSR count). The van der Waals surface area contributed by atoms with Gasteiger partial charge in [0.05, 0.1) is 19.3 Å². The van der Waals surface area contributed by atoms with Crippen LogP contribution in [0.5, 0.6) is 0 Å². The summed E-state index contributed by atoms with van der Waals surface area (Å²) >= 11 is 0. The Morgan fingerprint density at radius 2 is 2.17 bits per heavy atom. The maximum absolute atomic E-state index is 5.94. The molecule has 158 valence electrons. The van der Waals surface area contributed by atoms with E-state index in [-0.39, 0.29) is 6.10 Å². The topological polar surface area (TPSA) is 66.1 Å². The molecule has 0 spiro atoms. The van der Waals surface area contributed by atoms with Crippen LogP contribution in [0.15, 0.2) is 58.1 Å². The lowest BCUT2D eigenvalue weighted by Crippen LogP contribution is -2.41. The second-order valence-corrected chi connectivity index (χ2v) is 7.66. The zero-order valence-corrected chi connectivity index (χ0v) is 17.8. The Hall–Kier alpha value is -3.06. The molecule has 1 unspecified atom stereocenters. The lowest BCUT2D eigenvalue weighted by atomic mass is 10.2. The third-order valence-electron chi connectivity index (χ3n) is 5.27. The molecule has 1 atom stereocenters. The fourth-order valence-corrected chi connectivity index (χ4v) is 3.76. The van der Waals surface area contributed by atoms with E-state index < -0.39 is 0 Å². The molecular weight excluding hydrogens is 378 g/mol. The second kappa shape index (κ2) is 9.17. The summed E-state index contributed by atoms with van der Waals surface area (Å²) in [4.78, 5) is 13.3. The van der Waals surface area contributed by atoms with Gasteiger partial charge in [-0.05, 0) is 36.8 Å². The van der Waals surface area contributed by atoms with E-state index in [0.717, 1.165) is 53.8 Å². The van der Waals surface area contributed by atoms with Crippen molar-refractivity contribution in [2.24, 2.45) is 4.99 Å². The van der Waals surface area contributed by atoms with Crippen molar-refractivity contribution in [3.63, 3.8) is 0 Å². The summed E-state index contributed by atoms with van der Waals surface area (Å²) in [6, 6.07) is 14.3. The fourth-order valence-electron chi connectivity index (χ4n) is 3.76. The van der Waals surface area contributed by atoms with Crippen molar-refractivity contribution >= 4 is 22.7 Å². The Labute approximate surface area is 177 Å². The Bertz CT molecular complexity index is 983. The molecule has 1 N–H and O–H groups in total. The van der Waals surface area contributed by atoms with Crippen molar-refractivity contribution in [2.75, 3.05) is 38.7 Å². The summed E-state index contributed by atoms with van der Waals surface area (Å²) in [7, 11) is 3.81. The van der Waals surface area contributed by atoms with Crippen LogP contribution < -0.4 is 10.2 Å². The van der Waals surface area contributed by atoms with E-state index in [1.165, 1.54) is 0 Å². The van der Waals surface area contributed by atoms with Crippen LogP contribution in [0.3, 0.4) is 0 Å². The smallest absolute Gasteiger partial charge is 0.194 e. The lowest BCUT2D eigenvalue weighted by molar-refractivity contribution is 0.0529. The Morgan fingerprint density at radius 1 is 1.30 bits per heavy atom. The van der Waals surface area contributed by atoms with Gasteiger partial charge in [0.1, 0.15) is 17.2 Å². The highest BCUT2D eigenvalue weighted by atomic mass is 16.5. The predicted octanol–water partition coefficient (Wildman–Crippen LogP) is 3.26. The number of pyridine rings is 1. The lowest BCUT2D eigenvalue weighted by Gasteiger charge is -2.32. The first-order valence-corrected chi connectivity index (χ1v) is 10.3. The predicted molar refractivity (Wildman–Crippen MR) is 120 cm³/mol. The number of anilines is 1. The van der Waals surface area contributed by atoms with E-state index in [9.17, 15) is 0 Å². The van der Waals surface area contributed by atoms with Gasteiger partial charge in [0.25, 0.3) is 0 Å². The second-order valence-electron chi connectivity index (χ2n) is 7.66. The number of rotatable bonds is 5. The minimum absolute atomic E-state index is 0.230. The zero-order chi connectivity index (χ0) is 20.9. The Kier molecular flexibility index (Phi) is 6.18. The van der Waals surface area contributed by atoms with E-state index in [2.05, 4.69) is 50.2 Å². The van der Waals surface area contributed by atoms with Crippen molar-refractivity contribution in [1.82, 2.24) is 15.2 Å². The molecule has 0 amide bonds. The number of morpholine rings is 1. The van der Waals surface area contributed by atoms with Gasteiger partial charge >= 0.3 is 0 Å². The molecule has 1 aliphatic heterocycles. The van der Waals surface area contributed by atoms with Gasteiger partial charge < -0.3 is 24.3 Å². The first-order valence-electron chi connectivity index (χ1n) is 10.3. The summed E-state index contributed by atoms with van der Waals surface area (Å²) in [5.41, 5.74) is 2.07. The zero-order valence-electron chi connectivity index (χ0n) is 17.8. The number of aliphatic imine (C=N–C) groups is 1. The summed E-state index contributed by atoms with van der Waals surface area (Å²) in [5.74, 6) is 2.72. The minimum atomic E-state index is 0.230. The normalized spacial score (nSPS) is 17.4. The van der Waals surface area contributed by atoms with E-state index in [1.807, 2.05) is 37.5 Å². The molecule has 7 heteroatoms. The molecular formula is C23H29N5O2. The van der Waals surface area contributed by atoms with Crippen LogP contribution in [0, 0.1) is 0 Å². The highest BCUT2D eigenvalue weighted by Crippen LogP contribution is 2.20. The van der Waals surface area contributed by atoms with Gasteiger partial charge in [0.2, 0.25) is 0 Å². The van der Waals surface area contributed by atoms with Gasteiger partial charge in [0.15, 0.2) is 5.96 Å². The molecule has 3 heterocycles. The third-order valence-corrected chi connectivity index (χ3v) is 5.27. The molecule has 1 aromatic carbocycles. The minimum Gasteiger partial charge on any atom is -0.459 e. The number of hydrogen-bond donors (Lipinski definition) is 1. The number of para-hydroxylation sites is 1. The molecule has 7 nitrogen and oxygen atoms in total. The summed E-state index contributed by atoms with van der Waals surface area (Å²) in [5, 5.41) is 4.56. The van der Waals surface area contributed by atoms with Crippen molar-refractivity contribution < 1.29 is 9.15 Å². The van der Waals surface area contributed by atoms with Crippen LogP contribution in [0.1, 0.15) is 18.2 Å². The number of nitrogens with zero attached hydrogens (tertiary/aromatic N) is 4. The van der Waals surface area contributed by atoms with Crippen molar-refractivity contribution in [3.8, 4) is 0 Å². The molecule has 0 bridgehead atoms. The highest BCUT2D eigenvalue weighted by molar-refractivity contribution is 5.80. The Balaban J connectivity index is 1.37. The number of fused-ring (bicyclic) bond motifs is 1. The molecule has 1 saturated heterocycles. The molecule has 1 aliphatic rings. The number of benzene rings is 1. The largest absolute Gasteiger partial charge is 0.459 e. The maximum atomic E-state index is 5.94. The quantitative estimate of drug-likeness (QED) is 0.517. The number of ether oxygens (including phenoxy) is 1. The van der Waals surface area contributed by atoms with Crippen molar-refractivity contribution in [3.05, 3.63) is 60.0 Å². The van der Waals surface area contributed by atoms with Crippen LogP contribution in [-0.2, 0) is 17.8 Å². The van der Waals surface area contributed by atoms with Gasteiger partial charge in [-0.2, -0.15) is 0 Å². The maximum Gasteiger partial charge on any atom is 0.194 e. The fraction of sp³-hybridized carbons (Fsp3) is 0.391. The number of guanidine groups is 1. The molecule has 30 heavy (non-hydrogen) atoms. The summed E-state index contributed by atoms with van der Waals surface area (Å²) in [6.07, 6.45) is 2.10. The molecule has 2 aromatic heterocycles. The van der Waals surface area contributed by atoms with Crippen LogP contribution in [-0.4, -0.2) is 55.7 Å². The van der Waals surface area contributed by atoms with Crippen LogP contribution in [0.2, 0.25) is 0 Å². The third kappa shape index (κ3) is 4.74. The van der Waals surface area contributed by atoms with Gasteiger partial charge in [-0.3, -0.25) is 4.99 Å². The van der Waals surface area contributed by atoms with Gasteiger partial charge in [-0.25, -0.2) is 4.98 Å². The highest BCUT2D eigenvalue weighted by Gasteiger charge is 2.18. The summed E-state index contributed by atoms with van der Waals surface area (Å²) in [6.45, 7) is 5.89. The Morgan fingerprint density at radius 3 is 2.97 bits per heavy atom. The van der Waals surface area contributed by atoms with Crippen molar-refractivity contribution in [2.45, 2.75) is 26.1 Å². The van der Waals surface area contributed by atoms with E-state index in [4.69, 9.17) is 9.15 Å². The van der Waals surface area contributed by atoms with E-state index in [0.29, 0.717) is 13.1 Å². The number of hydrogen-bond acceptors (Lipinski definition) is 5. The van der Waals surface area contributed by atoms with Crippen molar-refractivity contribution in [1.29, 1.82) is 0 Å². The molecule has 0 radical (unpaired) electrons. The van der Waals surface area contributed by atoms with Crippen LogP contribution in [0.4, 0.5) is 5.82 Å². The molecule has 1 fully saturated rings. The first kappa shape index (κ1) is 20.2. The van der Waals surface area contributed by atoms with Gasteiger partial charge in [-0.1, -0.05) is 18.2 Å². The number of furan rings is 1. The number of aromatic nitrogens is 1. The van der Waals surface area contributed by atoms with E-state index in [1.54, 1.807) is 7.05 Å². The molecule has 3 aromatic rings. The molecule has 0 saturated carbocycles. The van der Waals surface area contributed by atoms with Gasteiger partial charge in [-0.15, -0.1) is 0 Å². The monoisotopic (exact) mass is 407 g/mol. The van der Waals surface area contributed by atoms with E-state index >= 15 is 0 Å².